The first-order chi connectivity index (χ1) is 21.8. The number of allylic oxidation sites excluding steroid dienone is 4. The second-order valence-electron chi connectivity index (χ2n) is 9.55. The summed E-state index contributed by atoms with van der Waals surface area (Å²) < 4.78 is 11.3. The van der Waals surface area contributed by atoms with Gasteiger partial charge in [-0.05, 0) is 47.9 Å². The fourth-order valence-electron chi connectivity index (χ4n) is 4.53. The molecule has 0 fully saturated rings. The molecule has 4 rings (SSSR count). The molecule has 0 bridgehead atoms. The molecule has 45 heavy (non-hydrogen) atoms. The quantitative estimate of drug-likeness (QED) is 0.135. The molecule has 230 valence electrons. The van der Waals surface area contributed by atoms with E-state index in [4.69, 9.17) is 9.47 Å². The van der Waals surface area contributed by atoms with E-state index in [1.165, 1.54) is 25.2 Å². The minimum absolute atomic E-state index is 0.0847. The van der Waals surface area contributed by atoms with Crippen LogP contribution in [0.1, 0.15) is 29.7 Å². The van der Waals surface area contributed by atoms with Gasteiger partial charge in [-0.1, -0.05) is 113 Å². The molecule has 1 N–H and O–H groups in total. The number of nitrogens with one attached hydrogen (secondary N) is 1. The van der Waals surface area contributed by atoms with Crippen molar-refractivity contribution in [2.24, 2.45) is 4.99 Å². The SMILES string of the molecule is C=C/C=C\C(=C/C)N1C(=O)/C(=C/c2cc(OC)c(OC)cc2Br)C(=O)N=C1SCC(=O)NC(c1ccccc1)c1ccccc1. The molecule has 8 nitrogen and oxygen atoms in total. The van der Waals surface area contributed by atoms with Crippen molar-refractivity contribution < 1.29 is 23.9 Å². The van der Waals surface area contributed by atoms with Crippen LogP contribution in [0.15, 0.2) is 124 Å². The third-order valence-corrected chi connectivity index (χ3v) is 8.34. The lowest BCUT2D eigenvalue weighted by molar-refractivity contribution is -0.126. The standard InChI is InChI=1S/C35H32BrN3O5S/c1-5-7-18-26(6-2)39-34(42)27(19-25-20-29(43-3)30(44-4)21-28(25)36)33(41)38-35(39)45-22-31(40)37-32(23-14-10-8-11-15-23)24-16-12-9-13-17-24/h5-21,32H,1,22H2,2-4H3,(H,37,40)/b18-7-,26-6+,27-19+. The maximum atomic E-state index is 14.0. The van der Waals surface area contributed by atoms with Crippen LogP contribution in [-0.2, 0) is 14.4 Å². The van der Waals surface area contributed by atoms with Gasteiger partial charge in [0, 0.05) is 10.2 Å². The van der Waals surface area contributed by atoms with E-state index in [0.29, 0.717) is 27.2 Å². The van der Waals surface area contributed by atoms with Crippen LogP contribution in [0.3, 0.4) is 0 Å². The molecular weight excluding hydrogens is 654 g/mol. The molecular formula is C35H32BrN3O5S. The molecule has 1 aliphatic heterocycles. The lowest BCUT2D eigenvalue weighted by Crippen LogP contribution is -2.42. The topological polar surface area (TPSA) is 97.3 Å². The second kappa shape index (κ2) is 15.9. The maximum Gasteiger partial charge on any atom is 0.285 e. The number of rotatable bonds is 11. The largest absolute Gasteiger partial charge is 0.493 e. The van der Waals surface area contributed by atoms with Gasteiger partial charge in [0.15, 0.2) is 16.7 Å². The van der Waals surface area contributed by atoms with Crippen molar-refractivity contribution in [3.05, 3.63) is 136 Å². The van der Waals surface area contributed by atoms with Crippen LogP contribution >= 0.6 is 27.7 Å². The van der Waals surface area contributed by atoms with Gasteiger partial charge in [-0.3, -0.25) is 19.3 Å². The summed E-state index contributed by atoms with van der Waals surface area (Å²) in [5.74, 6) is -0.785. The Morgan fingerprint density at radius 3 is 2.18 bits per heavy atom. The number of amidine groups is 1. The highest BCUT2D eigenvalue weighted by Crippen LogP contribution is 2.35. The van der Waals surface area contributed by atoms with Crippen LogP contribution in [0, 0.1) is 0 Å². The molecule has 3 aromatic rings. The molecule has 3 amide bonds. The summed E-state index contributed by atoms with van der Waals surface area (Å²) >= 11 is 4.48. The Hall–Kier alpha value is -4.67. The van der Waals surface area contributed by atoms with Gasteiger partial charge in [0.05, 0.1) is 26.0 Å². The Balaban J connectivity index is 1.65. The van der Waals surface area contributed by atoms with Crippen molar-refractivity contribution in [2.45, 2.75) is 13.0 Å². The normalized spacial score (nSPS) is 14.6. The van der Waals surface area contributed by atoms with E-state index in [1.807, 2.05) is 60.7 Å². The van der Waals surface area contributed by atoms with E-state index in [-0.39, 0.29) is 28.4 Å². The zero-order chi connectivity index (χ0) is 32.3. The van der Waals surface area contributed by atoms with Crippen molar-refractivity contribution >= 4 is 56.7 Å². The predicted octanol–water partition coefficient (Wildman–Crippen LogP) is 6.86. The van der Waals surface area contributed by atoms with E-state index in [0.717, 1.165) is 22.9 Å². The summed E-state index contributed by atoms with van der Waals surface area (Å²) in [7, 11) is 3.01. The number of aliphatic imine (C=N–C) groups is 1. The number of halogens is 1. The lowest BCUT2D eigenvalue weighted by atomic mass is 9.99. The zero-order valence-electron chi connectivity index (χ0n) is 25.0. The van der Waals surface area contributed by atoms with Gasteiger partial charge in [0.25, 0.3) is 11.8 Å². The summed E-state index contributed by atoms with van der Waals surface area (Å²) in [5.41, 5.74) is 2.67. The maximum absolute atomic E-state index is 14.0. The highest BCUT2D eigenvalue weighted by molar-refractivity contribution is 9.10. The van der Waals surface area contributed by atoms with Crippen molar-refractivity contribution in [1.82, 2.24) is 10.2 Å². The van der Waals surface area contributed by atoms with E-state index in [1.54, 1.807) is 43.4 Å². The van der Waals surface area contributed by atoms with Crippen molar-refractivity contribution in [3.8, 4) is 11.5 Å². The molecule has 0 unspecified atom stereocenters. The minimum Gasteiger partial charge on any atom is -0.493 e. The van der Waals surface area contributed by atoms with Gasteiger partial charge in [0.2, 0.25) is 5.91 Å². The van der Waals surface area contributed by atoms with Crippen LogP contribution in [0.2, 0.25) is 0 Å². The third kappa shape index (κ3) is 8.09. The number of carbonyl (C=O) groups excluding carboxylic acids is 3. The van der Waals surface area contributed by atoms with Gasteiger partial charge in [-0.25, -0.2) is 0 Å². The molecule has 0 atom stereocenters. The first-order valence-corrected chi connectivity index (χ1v) is 15.7. The Labute approximate surface area is 275 Å². The fraction of sp³-hybridized carbons (Fsp3) is 0.143. The number of hydrogen-bond donors (Lipinski definition) is 1. The van der Waals surface area contributed by atoms with Crippen LogP contribution in [0.25, 0.3) is 6.08 Å². The number of nitrogens with zero attached hydrogens (tertiary/aromatic N) is 2. The van der Waals surface area contributed by atoms with E-state index in [2.05, 4.69) is 32.8 Å². The number of ether oxygens (including phenoxy) is 2. The molecule has 0 aromatic heterocycles. The number of hydrogen-bond acceptors (Lipinski definition) is 6. The Morgan fingerprint density at radius 2 is 1.62 bits per heavy atom. The summed E-state index contributed by atoms with van der Waals surface area (Å²) in [5, 5.41) is 3.17. The second-order valence-corrected chi connectivity index (χ2v) is 11.3. The average Bonchev–Trinajstić information content (AvgIpc) is 3.06. The average molecular weight is 687 g/mol. The molecule has 0 saturated carbocycles. The summed E-state index contributed by atoms with van der Waals surface area (Å²) in [6.07, 6.45) is 8.10. The first kappa shape index (κ1) is 33.2. The van der Waals surface area contributed by atoms with E-state index >= 15 is 0 Å². The third-order valence-electron chi connectivity index (χ3n) is 6.72. The molecule has 0 aliphatic carbocycles. The summed E-state index contributed by atoms with van der Waals surface area (Å²) in [6.45, 7) is 5.48. The predicted molar refractivity (Wildman–Crippen MR) is 183 cm³/mol. The Morgan fingerprint density at radius 1 is 1.02 bits per heavy atom. The van der Waals surface area contributed by atoms with Crippen molar-refractivity contribution in [3.63, 3.8) is 0 Å². The zero-order valence-corrected chi connectivity index (χ0v) is 27.4. The fourth-order valence-corrected chi connectivity index (χ4v) is 5.77. The monoisotopic (exact) mass is 685 g/mol. The number of carbonyl (C=O) groups is 3. The van der Waals surface area contributed by atoms with Gasteiger partial charge in [0.1, 0.15) is 5.57 Å². The van der Waals surface area contributed by atoms with Crippen LogP contribution in [0.5, 0.6) is 11.5 Å². The van der Waals surface area contributed by atoms with Gasteiger partial charge in [-0.2, -0.15) is 4.99 Å². The number of benzene rings is 3. The highest BCUT2D eigenvalue weighted by atomic mass is 79.9. The van der Waals surface area contributed by atoms with Crippen LogP contribution < -0.4 is 14.8 Å². The number of methoxy groups -OCH3 is 2. The van der Waals surface area contributed by atoms with Crippen LogP contribution in [-0.4, -0.2) is 47.8 Å². The van der Waals surface area contributed by atoms with E-state index in [9.17, 15) is 14.4 Å². The molecule has 0 spiro atoms. The van der Waals surface area contributed by atoms with Crippen LogP contribution in [0.4, 0.5) is 0 Å². The molecule has 1 heterocycles. The van der Waals surface area contributed by atoms with Gasteiger partial charge < -0.3 is 14.8 Å². The van der Waals surface area contributed by atoms with Crippen molar-refractivity contribution in [1.29, 1.82) is 0 Å². The van der Waals surface area contributed by atoms with Gasteiger partial charge >= 0.3 is 0 Å². The first-order valence-electron chi connectivity index (χ1n) is 13.9. The Bertz CT molecular complexity index is 1660. The summed E-state index contributed by atoms with van der Waals surface area (Å²) in [4.78, 5) is 46.2. The number of thioether (sulfide) groups is 1. The molecule has 1 aliphatic rings. The molecule has 0 saturated heterocycles. The Kier molecular flexibility index (Phi) is 11.7. The lowest BCUT2D eigenvalue weighted by Gasteiger charge is -2.28. The molecule has 10 heteroatoms. The van der Waals surface area contributed by atoms with E-state index < -0.39 is 11.8 Å². The highest BCUT2D eigenvalue weighted by Gasteiger charge is 2.35. The number of amides is 3. The molecule has 3 aromatic carbocycles. The summed E-state index contributed by atoms with van der Waals surface area (Å²) in [6, 6.07) is 22.2. The van der Waals surface area contributed by atoms with Gasteiger partial charge in [-0.15, -0.1) is 0 Å². The van der Waals surface area contributed by atoms with Crippen molar-refractivity contribution in [2.75, 3.05) is 20.0 Å². The smallest absolute Gasteiger partial charge is 0.285 e. The minimum atomic E-state index is -0.726. The molecule has 0 radical (unpaired) electrons.